The Bertz CT molecular complexity index is 502. The maximum Gasteiger partial charge on any atom is 0.272 e. The number of nitrogens with two attached hydrogens (primary N) is 1. The summed E-state index contributed by atoms with van der Waals surface area (Å²) in [6.07, 6.45) is 4.25. The van der Waals surface area contributed by atoms with Crippen LogP contribution in [-0.4, -0.2) is 10.5 Å². The molecule has 0 aliphatic heterocycles. The molecule has 1 aromatic carbocycles. The van der Waals surface area contributed by atoms with E-state index in [4.69, 9.17) is 5.73 Å². The van der Waals surface area contributed by atoms with Gasteiger partial charge >= 0.3 is 0 Å². The van der Waals surface area contributed by atoms with Crippen LogP contribution in [0.25, 0.3) is 0 Å². The van der Waals surface area contributed by atoms with Gasteiger partial charge in [0.2, 0.25) is 0 Å². The molecule has 3 rings (SSSR count). The lowest BCUT2D eigenvalue weighted by Gasteiger charge is -2.23. The molecule has 90 valence electrons. The van der Waals surface area contributed by atoms with Crippen molar-refractivity contribution in [2.45, 2.75) is 43.6 Å². The summed E-state index contributed by atoms with van der Waals surface area (Å²) in [6.45, 7) is 1.77. The SMILES string of the molecule is Cc1ccc(C2(C3(N)CC3)CC2)cc1[N+](=O)[O-]. The minimum atomic E-state index is -0.301. The van der Waals surface area contributed by atoms with E-state index in [2.05, 4.69) is 0 Å². The molecule has 1 aromatic rings. The second-order valence-electron chi connectivity index (χ2n) is 5.50. The Morgan fingerprint density at radius 3 is 2.41 bits per heavy atom. The van der Waals surface area contributed by atoms with Crippen molar-refractivity contribution in [3.05, 3.63) is 39.4 Å². The molecule has 0 atom stereocenters. The molecule has 0 spiro atoms. The minimum Gasteiger partial charge on any atom is -0.324 e. The van der Waals surface area contributed by atoms with Gasteiger partial charge in [0.05, 0.1) is 4.92 Å². The summed E-state index contributed by atoms with van der Waals surface area (Å²) in [7, 11) is 0. The van der Waals surface area contributed by atoms with Crippen LogP contribution in [0.3, 0.4) is 0 Å². The third-order valence-electron chi connectivity index (χ3n) is 4.45. The van der Waals surface area contributed by atoms with Gasteiger partial charge < -0.3 is 5.73 Å². The number of aryl methyl sites for hydroxylation is 1. The first-order valence-electron chi connectivity index (χ1n) is 6.03. The van der Waals surface area contributed by atoms with Gasteiger partial charge in [-0.2, -0.15) is 0 Å². The average Bonchev–Trinajstić information content (AvgIpc) is 3.14. The van der Waals surface area contributed by atoms with Crippen LogP contribution in [0.15, 0.2) is 18.2 Å². The largest absolute Gasteiger partial charge is 0.324 e. The van der Waals surface area contributed by atoms with Crippen LogP contribution in [0.4, 0.5) is 5.69 Å². The standard InChI is InChI=1S/C13H16N2O2/c1-9-2-3-10(8-11(9)15(16)17)12(4-5-12)13(14)6-7-13/h2-3,8H,4-7,14H2,1H3. The lowest BCUT2D eigenvalue weighted by atomic mass is 9.85. The van der Waals surface area contributed by atoms with Gasteiger partial charge in [-0.15, -0.1) is 0 Å². The van der Waals surface area contributed by atoms with Crippen LogP contribution in [-0.2, 0) is 5.41 Å². The zero-order chi connectivity index (χ0) is 12.3. The topological polar surface area (TPSA) is 69.2 Å². The lowest BCUT2D eigenvalue weighted by molar-refractivity contribution is -0.385. The number of nitrogens with zero attached hydrogens (tertiary/aromatic N) is 1. The Balaban J connectivity index is 2.05. The van der Waals surface area contributed by atoms with Gasteiger partial charge in [0.1, 0.15) is 0 Å². The number of hydrogen-bond acceptors (Lipinski definition) is 3. The van der Waals surface area contributed by atoms with Gasteiger partial charge in [0.15, 0.2) is 0 Å². The van der Waals surface area contributed by atoms with Crippen molar-refractivity contribution in [3.63, 3.8) is 0 Å². The van der Waals surface area contributed by atoms with E-state index < -0.39 is 0 Å². The Morgan fingerprint density at radius 1 is 1.29 bits per heavy atom. The Hall–Kier alpha value is -1.42. The Kier molecular flexibility index (Phi) is 1.94. The Morgan fingerprint density at radius 2 is 1.94 bits per heavy atom. The molecule has 0 radical (unpaired) electrons. The molecule has 0 unspecified atom stereocenters. The predicted molar refractivity (Wildman–Crippen MR) is 64.9 cm³/mol. The number of rotatable bonds is 3. The molecule has 0 aromatic heterocycles. The molecule has 4 heteroatoms. The van der Waals surface area contributed by atoms with E-state index in [0.29, 0.717) is 0 Å². The molecule has 2 N–H and O–H groups in total. The van der Waals surface area contributed by atoms with Gasteiger partial charge in [-0.25, -0.2) is 0 Å². The minimum absolute atomic E-state index is 0.0332. The molecule has 0 heterocycles. The quantitative estimate of drug-likeness (QED) is 0.642. The highest BCUT2D eigenvalue weighted by atomic mass is 16.6. The van der Waals surface area contributed by atoms with E-state index >= 15 is 0 Å². The molecule has 2 aliphatic rings. The molecule has 0 amide bonds. The molecule has 17 heavy (non-hydrogen) atoms. The summed E-state index contributed by atoms with van der Waals surface area (Å²) in [5.74, 6) is 0. The van der Waals surface area contributed by atoms with E-state index in [9.17, 15) is 10.1 Å². The third-order valence-corrected chi connectivity index (χ3v) is 4.45. The highest BCUT2D eigenvalue weighted by molar-refractivity contribution is 5.49. The summed E-state index contributed by atoms with van der Waals surface area (Å²) in [4.78, 5) is 10.7. The van der Waals surface area contributed by atoms with Gasteiger partial charge in [-0.3, -0.25) is 10.1 Å². The van der Waals surface area contributed by atoms with Crippen LogP contribution in [0.1, 0.15) is 36.8 Å². The predicted octanol–water partition coefficient (Wildman–Crippen LogP) is 2.43. The summed E-state index contributed by atoms with van der Waals surface area (Å²) in [5, 5.41) is 11.0. The van der Waals surface area contributed by atoms with Crippen LogP contribution in [0, 0.1) is 17.0 Å². The monoisotopic (exact) mass is 232 g/mol. The summed E-state index contributed by atoms with van der Waals surface area (Å²) < 4.78 is 0. The first-order chi connectivity index (χ1) is 7.98. The molecule has 2 fully saturated rings. The number of nitro benzene ring substituents is 1. The first-order valence-corrected chi connectivity index (χ1v) is 6.03. The zero-order valence-electron chi connectivity index (χ0n) is 9.90. The zero-order valence-corrected chi connectivity index (χ0v) is 9.90. The summed E-state index contributed by atoms with van der Waals surface area (Å²) in [6, 6.07) is 5.59. The van der Waals surface area contributed by atoms with E-state index in [-0.39, 0.29) is 21.6 Å². The fourth-order valence-electron chi connectivity index (χ4n) is 2.92. The highest BCUT2D eigenvalue weighted by Crippen LogP contribution is 2.63. The van der Waals surface area contributed by atoms with Gasteiger partial charge in [0.25, 0.3) is 5.69 Å². The van der Waals surface area contributed by atoms with Crippen LogP contribution < -0.4 is 5.73 Å². The van der Waals surface area contributed by atoms with Gasteiger partial charge in [-0.1, -0.05) is 12.1 Å². The first kappa shape index (κ1) is 10.7. The molecule has 2 saturated carbocycles. The van der Waals surface area contributed by atoms with Crippen molar-refractivity contribution in [3.8, 4) is 0 Å². The normalized spacial score (nSPS) is 23.2. The van der Waals surface area contributed by atoms with Crippen LogP contribution in [0.5, 0.6) is 0 Å². The molecule has 2 aliphatic carbocycles. The van der Waals surface area contributed by atoms with Gasteiger partial charge in [-0.05, 0) is 38.2 Å². The average molecular weight is 232 g/mol. The molecular formula is C13H16N2O2. The second kappa shape index (κ2) is 3.07. The fourth-order valence-corrected chi connectivity index (χ4v) is 2.92. The smallest absolute Gasteiger partial charge is 0.272 e. The highest BCUT2D eigenvalue weighted by Gasteiger charge is 2.64. The number of benzene rings is 1. The van der Waals surface area contributed by atoms with Crippen molar-refractivity contribution in [1.82, 2.24) is 0 Å². The third kappa shape index (κ3) is 1.40. The second-order valence-corrected chi connectivity index (χ2v) is 5.50. The Labute approximate surface area is 100.0 Å². The van der Waals surface area contributed by atoms with Gasteiger partial charge in [0, 0.05) is 22.6 Å². The van der Waals surface area contributed by atoms with E-state index in [1.807, 2.05) is 12.1 Å². The van der Waals surface area contributed by atoms with Crippen molar-refractivity contribution >= 4 is 5.69 Å². The number of hydrogen-bond donors (Lipinski definition) is 1. The van der Waals surface area contributed by atoms with Crippen LogP contribution >= 0.6 is 0 Å². The van der Waals surface area contributed by atoms with Crippen molar-refractivity contribution in [2.24, 2.45) is 5.73 Å². The fraction of sp³-hybridized carbons (Fsp3) is 0.538. The van der Waals surface area contributed by atoms with E-state index in [1.54, 1.807) is 13.0 Å². The molecular weight excluding hydrogens is 216 g/mol. The van der Waals surface area contributed by atoms with Crippen LogP contribution in [0.2, 0.25) is 0 Å². The van der Waals surface area contributed by atoms with E-state index in [0.717, 1.165) is 36.8 Å². The molecule has 4 nitrogen and oxygen atoms in total. The molecule has 0 bridgehead atoms. The number of nitro groups is 1. The molecule has 0 saturated heterocycles. The lowest BCUT2D eigenvalue weighted by Crippen LogP contribution is -2.37. The maximum absolute atomic E-state index is 11.0. The van der Waals surface area contributed by atoms with E-state index in [1.165, 1.54) is 0 Å². The van der Waals surface area contributed by atoms with Crippen molar-refractivity contribution in [2.75, 3.05) is 0 Å². The maximum atomic E-state index is 11.0. The van der Waals surface area contributed by atoms with Crippen molar-refractivity contribution < 1.29 is 4.92 Å². The van der Waals surface area contributed by atoms with Crippen molar-refractivity contribution in [1.29, 1.82) is 0 Å². The summed E-state index contributed by atoms with van der Waals surface area (Å²) in [5.41, 5.74) is 8.26. The summed E-state index contributed by atoms with van der Waals surface area (Å²) >= 11 is 0.